The van der Waals surface area contributed by atoms with Crippen LogP contribution in [0.1, 0.15) is 46.0 Å². The molecule has 6 heteroatoms. The second kappa shape index (κ2) is 7.72. The quantitative estimate of drug-likeness (QED) is 0.552. The summed E-state index contributed by atoms with van der Waals surface area (Å²) in [6.07, 6.45) is 0.843. The van der Waals surface area contributed by atoms with Gasteiger partial charge in [-0.3, -0.25) is 20.9 Å². The summed E-state index contributed by atoms with van der Waals surface area (Å²) < 4.78 is 3.15. The van der Waals surface area contributed by atoms with Gasteiger partial charge in [0.15, 0.2) is 0 Å². The van der Waals surface area contributed by atoms with Crippen LogP contribution in [-0.2, 0) is 13.0 Å². The zero-order valence-corrected chi connectivity index (χ0v) is 15.8. The van der Waals surface area contributed by atoms with Crippen LogP contribution in [0.5, 0.6) is 0 Å². The lowest BCUT2D eigenvalue weighted by molar-refractivity contribution is 0.0903. The molecule has 1 aromatic heterocycles. The number of halogens is 1. The lowest BCUT2D eigenvalue weighted by Crippen LogP contribution is -2.60. The number of aromatic nitrogens is 2. The molecule has 0 fully saturated rings. The van der Waals surface area contributed by atoms with Gasteiger partial charge in [-0.1, -0.05) is 13.8 Å². The average Bonchev–Trinajstić information content (AvgIpc) is 2.72. The molecule has 5 nitrogen and oxygen atoms in total. The minimum atomic E-state index is -0.0333. The van der Waals surface area contributed by atoms with Crippen LogP contribution >= 0.6 is 15.9 Å². The highest BCUT2D eigenvalue weighted by molar-refractivity contribution is 9.10. The SMILES string of the molecule is CCN(CC)C(C)(C)C(Cc1c(Br)c(C)nn1CC)NN. The Morgan fingerprint density at radius 1 is 1.33 bits per heavy atom. The predicted molar refractivity (Wildman–Crippen MR) is 92.2 cm³/mol. The average molecular weight is 360 g/mol. The Balaban J connectivity index is 3.07. The molecule has 1 unspecified atom stereocenters. The van der Waals surface area contributed by atoms with Gasteiger partial charge in [0.05, 0.1) is 15.9 Å². The van der Waals surface area contributed by atoms with E-state index in [9.17, 15) is 0 Å². The maximum atomic E-state index is 5.88. The zero-order valence-electron chi connectivity index (χ0n) is 14.2. The van der Waals surface area contributed by atoms with E-state index in [4.69, 9.17) is 5.84 Å². The van der Waals surface area contributed by atoms with Crippen molar-refractivity contribution in [3.63, 3.8) is 0 Å². The van der Waals surface area contributed by atoms with Crippen molar-refractivity contribution in [3.8, 4) is 0 Å². The Hall–Kier alpha value is -0.430. The molecule has 0 bridgehead atoms. The Kier molecular flexibility index (Phi) is 6.84. The highest BCUT2D eigenvalue weighted by Crippen LogP contribution is 2.27. The normalized spacial score (nSPS) is 14.0. The first kappa shape index (κ1) is 18.6. The number of rotatable bonds is 8. The molecule has 0 saturated carbocycles. The van der Waals surface area contributed by atoms with Gasteiger partial charge in [0.25, 0.3) is 0 Å². The third kappa shape index (κ3) is 3.86. The number of hydrogen-bond donors (Lipinski definition) is 2. The lowest BCUT2D eigenvalue weighted by Gasteiger charge is -2.43. The monoisotopic (exact) mass is 359 g/mol. The first-order valence-electron chi connectivity index (χ1n) is 7.76. The minimum absolute atomic E-state index is 0.0333. The molecule has 122 valence electrons. The van der Waals surface area contributed by atoms with E-state index in [1.165, 1.54) is 5.69 Å². The fourth-order valence-electron chi connectivity index (χ4n) is 3.03. The van der Waals surface area contributed by atoms with Crippen LogP contribution < -0.4 is 11.3 Å². The van der Waals surface area contributed by atoms with Crippen molar-refractivity contribution in [3.05, 3.63) is 15.9 Å². The summed E-state index contributed by atoms with van der Waals surface area (Å²) in [6, 6.07) is 0.148. The molecule has 3 N–H and O–H groups in total. The molecule has 0 radical (unpaired) electrons. The summed E-state index contributed by atoms with van der Waals surface area (Å²) in [5.74, 6) is 5.88. The smallest absolute Gasteiger partial charge is 0.0738 e. The number of nitrogens with two attached hydrogens (primary N) is 1. The lowest BCUT2D eigenvalue weighted by atomic mass is 9.89. The minimum Gasteiger partial charge on any atom is -0.297 e. The third-order valence-electron chi connectivity index (χ3n) is 4.48. The molecule has 0 spiro atoms. The first-order chi connectivity index (χ1) is 9.83. The van der Waals surface area contributed by atoms with Gasteiger partial charge in [0, 0.05) is 24.5 Å². The highest BCUT2D eigenvalue weighted by atomic mass is 79.9. The largest absolute Gasteiger partial charge is 0.297 e. The summed E-state index contributed by atoms with van der Waals surface area (Å²) in [7, 11) is 0. The van der Waals surface area contributed by atoms with Crippen molar-refractivity contribution in [2.45, 2.75) is 66.1 Å². The van der Waals surface area contributed by atoms with Crippen LogP contribution in [0.15, 0.2) is 4.47 Å². The van der Waals surface area contributed by atoms with Crippen LogP contribution in [0.4, 0.5) is 0 Å². The molecular weight excluding hydrogens is 330 g/mol. The molecule has 1 atom stereocenters. The van der Waals surface area contributed by atoms with Crippen LogP contribution in [0.25, 0.3) is 0 Å². The summed E-state index contributed by atoms with van der Waals surface area (Å²) in [4.78, 5) is 2.44. The summed E-state index contributed by atoms with van der Waals surface area (Å²) in [6.45, 7) is 15.9. The van der Waals surface area contributed by atoms with Crippen molar-refractivity contribution in [2.75, 3.05) is 13.1 Å². The zero-order chi connectivity index (χ0) is 16.2. The van der Waals surface area contributed by atoms with Gasteiger partial charge in [0.2, 0.25) is 0 Å². The van der Waals surface area contributed by atoms with Gasteiger partial charge >= 0.3 is 0 Å². The second-order valence-electron chi connectivity index (χ2n) is 5.91. The Morgan fingerprint density at radius 2 is 1.90 bits per heavy atom. The Labute approximate surface area is 137 Å². The molecule has 0 aliphatic rings. The molecule has 0 aliphatic heterocycles. The number of nitrogens with zero attached hydrogens (tertiary/aromatic N) is 3. The molecule has 0 saturated heterocycles. The number of hydrogen-bond acceptors (Lipinski definition) is 4. The maximum absolute atomic E-state index is 5.88. The first-order valence-corrected chi connectivity index (χ1v) is 8.55. The van der Waals surface area contributed by atoms with E-state index in [2.05, 4.69) is 70.7 Å². The van der Waals surface area contributed by atoms with Gasteiger partial charge < -0.3 is 0 Å². The number of aryl methyl sites for hydroxylation is 2. The van der Waals surface area contributed by atoms with Gasteiger partial charge in [0.1, 0.15) is 0 Å². The summed E-state index contributed by atoms with van der Waals surface area (Å²) in [5, 5.41) is 4.57. The van der Waals surface area contributed by atoms with Crippen LogP contribution in [0.2, 0.25) is 0 Å². The van der Waals surface area contributed by atoms with Gasteiger partial charge in [-0.15, -0.1) is 0 Å². The molecule has 0 aromatic carbocycles. The van der Waals surface area contributed by atoms with Crippen molar-refractivity contribution in [1.82, 2.24) is 20.1 Å². The van der Waals surface area contributed by atoms with Gasteiger partial charge in [-0.25, -0.2) is 0 Å². The number of hydrazine groups is 1. The fraction of sp³-hybridized carbons (Fsp3) is 0.800. The van der Waals surface area contributed by atoms with Crippen molar-refractivity contribution < 1.29 is 0 Å². The summed E-state index contributed by atoms with van der Waals surface area (Å²) in [5.41, 5.74) is 5.23. The van der Waals surface area contributed by atoms with Crippen LogP contribution in [0.3, 0.4) is 0 Å². The molecule has 0 amide bonds. The molecule has 1 heterocycles. The van der Waals surface area contributed by atoms with Gasteiger partial charge in [-0.2, -0.15) is 5.10 Å². The fourth-order valence-corrected chi connectivity index (χ4v) is 3.47. The topological polar surface area (TPSA) is 59.1 Å². The molecule has 21 heavy (non-hydrogen) atoms. The maximum Gasteiger partial charge on any atom is 0.0738 e. The predicted octanol–water partition coefficient (Wildman–Crippen LogP) is 2.47. The van der Waals surface area contributed by atoms with Crippen LogP contribution in [-0.4, -0.2) is 39.4 Å². The van der Waals surface area contributed by atoms with E-state index < -0.39 is 0 Å². The second-order valence-corrected chi connectivity index (χ2v) is 6.70. The van der Waals surface area contributed by atoms with Crippen LogP contribution in [0, 0.1) is 6.92 Å². The van der Waals surface area contributed by atoms with E-state index in [1.54, 1.807) is 0 Å². The molecular formula is C15H30BrN5. The summed E-state index contributed by atoms with van der Waals surface area (Å²) >= 11 is 3.67. The van der Waals surface area contributed by atoms with E-state index in [1.807, 2.05) is 6.92 Å². The molecule has 1 aromatic rings. The Bertz CT molecular complexity index is 451. The Morgan fingerprint density at radius 3 is 2.33 bits per heavy atom. The third-order valence-corrected chi connectivity index (χ3v) is 5.51. The van der Waals surface area contributed by atoms with Crippen molar-refractivity contribution >= 4 is 15.9 Å². The highest BCUT2D eigenvalue weighted by Gasteiger charge is 2.34. The van der Waals surface area contributed by atoms with E-state index in [0.29, 0.717) is 0 Å². The van der Waals surface area contributed by atoms with E-state index >= 15 is 0 Å². The molecule has 0 aliphatic carbocycles. The van der Waals surface area contributed by atoms with Crippen molar-refractivity contribution in [1.29, 1.82) is 0 Å². The number of nitrogens with one attached hydrogen (secondary N) is 1. The van der Waals surface area contributed by atoms with E-state index in [-0.39, 0.29) is 11.6 Å². The molecule has 1 rings (SSSR count). The number of likely N-dealkylation sites (N-methyl/N-ethyl adjacent to an activating group) is 1. The van der Waals surface area contributed by atoms with E-state index in [0.717, 1.165) is 36.2 Å². The van der Waals surface area contributed by atoms with Gasteiger partial charge in [-0.05, 0) is 56.7 Å². The standard InChI is InChI=1S/C15H30BrN5/c1-7-20(8-2)15(5,6)13(18-17)10-12-14(16)11(4)19-21(12)9-3/h13,18H,7-10,17H2,1-6H3. The van der Waals surface area contributed by atoms with Crippen molar-refractivity contribution in [2.24, 2.45) is 5.84 Å².